The molecule has 3 heteroatoms. The number of aliphatic hydroxyl groups is 1. The molecule has 4 aliphatic carbocycles. The van der Waals surface area contributed by atoms with Crippen LogP contribution in [0.4, 0.5) is 0 Å². The molecule has 4 rings (SSSR count). The third-order valence-corrected chi connectivity index (χ3v) is 10.2. The minimum absolute atomic E-state index is 0.210. The van der Waals surface area contributed by atoms with Gasteiger partial charge in [-0.25, -0.2) is 0 Å². The zero-order valence-corrected chi connectivity index (χ0v) is 17.9. The Morgan fingerprint density at radius 2 is 1.78 bits per heavy atom. The summed E-state index contributed by atoms with van der Waals surface area (Å²) >= 11 is 0. The van der Waals surface area contributed by atoms with Crippen molar-refractivity contribution in [1.29, 1.82) is 0 Å². The van der Waals surface area contributed by atoms with Crippen LogP contribution in [0.15, 0.2) is 0 Å². The van der Waals surface area contributed by atoms with Crippen LogP contribution in [0.3, 0.4) is 0 Å². The first-order chi connectivity index (χ1) is 12.8. The predicted molar refractivity (Wildman–Crippen MR) is 107 cm³/mol. The second-order valence-corrected chi connectivity index (χ2v) is 11.2. The third kappa shape index (κ3) is 2.94. The molecule has 154 valence electrons. The van der Waals surface area contributed by atoms with Crippen molar-refractivity contribution < 1.29 is 14.6 Å². The van der Waals surface area contributed by atoms with Crippen molar-refractivity contribution in [3.63, 3.8) is 0 Å². The molecule has 1 N–H and O–H groups in total. The number of carbonyl (C=O) groups is 1. The Labute approximate surface area is 165 Å². The lowest BCUT2D eigenvalue weighted by atomic mass is 9.43. The zero-order chi connectivity index (χ0) is 19.4. The molecule has 4 aliphatic rings. The molecule has 4 fully saturated rings. The van der Waals surface area contributed by atoms with Crippen LogP contribution in [-0.4, -0.2) is 30.7 Å². The molecule has 9 atom stereocenters. The Morgan fingerprint density at radius 3 is 2.48 bits per heavy atom. The van der Waals surface area contributed by atoms with Crippen molar-refractivity contribution >= 4 is 6.29 Å². The number of rotatable bonds is 4. The van der Waals surface area contributed by atoms with Crippen molar-refractivity contribution in [3.05, 3.63) is 0 Å². The standard InChI is InChI=1S/C24H40O3/c1-16(14-25)19-7-8-20-18-6-5-17-13-24(26,15-27-4)12-11-22(17,2)21(18)9-10-23(19,20)3/h14,16-21,26H,5-13,15H2,1-4H3/t16-,17-,18+,19-,20+,21+,22+,23-,24+/m1/s1. The maximum atomic E-state index is 11.5. The molecule has 0 aromatic rings. The molecule has 0 aliphatic heterocycles. The summed E-state index contributed by atoms with van der Waals surface area (Å²) in [6, 6.07) is 0. The summed E-state index contributed by atoms with van der Waals surface area (Å²) in [7, 11) is 1.71. The molecule has 0 radical (unpaired) electrons. The first kappa shape index (κ1) is 19.9. The van der Waals surface area contributed by atoms with E-state index in [1.807, 2.05) is 0 Å². The highest BCUT2D eigenvalue weighted by atomic mass is 16.5. The molecule has 0 amide bonds. The van der Waals surface area contributed by atoms with E-state index in [-0.39, 0.29) is 5.92 Å². The summed E-state index contributed by atoms with van der Waals surface area (Å²) in [4.78, 5) is 11.5. The highest BCUT2D eigenvalue weighted by Crippen LogP contribution is 2.68. The minimum Gasteiger partial charge on any atom is -0.387 e. The summed E-state index contributed by atoms with van der Waals surface area (Å²) in [6.45, 7) is 7.69. The van der Waals surface area contributed by atoms with Crippen LogP contribution in [0.5, 0.6) is 0 Å². The van der Waals surface area contributed by atoms with E-state index >= 15 is 0 Å². The van der Waals surface area contributed by atoms with Crippen LogP contribution in [0.1, 0.15) is 78.6 Å². The maximum Gasteiger partial charge on any atom is 0.123 e. The second-order valence-electron chi connectivity index (χ2n) is 11.2. The molecular formula is C24H40O3. The maximum absolute atomic E-state index is 11.5. The van der Waals surface area contributed by atoms with E-state index in [1.165, 1.54) is 44.8 Å². The van der Waals surface area contributed by atoms with E-state index in [4.69, 9.17) is 4.74 Å². The lowest BCUT2D eigenvalue weighted by Gasteiger charge is -2.62. The fourth-order valence-corrected chi connectivity index (χ4v) is 8.72. The number of hydrogen-bond acceptors (Lipinski definition) is 3. The van der Waals surface area contributed by atoms with Gasteiger partial charge < -0.3 is 14.6 Å². The Morgan fingerprint density at radius 1 is 1.04 bits per heavy atom. The van der Waals surface area contributed by atoms with Crippen molar-refractivity contribution in [2.24, 2.45) is 46.3 Å². The lowest BCUT2D eigenvalue weighted by molar-refractivity contribution is -0.163. The summed E-state index contributed by atoms with van der Waals surface area (Å²) in [5.74, 6) is 3.89. The summed E-state index contributed by atoms with van der Waals surface area (Å²) in [6.07, 6.45) is 12.0. The zero-order valence-electron chi connectivity index (χ0n) is 17.9. The summed E-state index contributed by atoms with van der Waals surface area (Å²) < 4.78 is 5.34. The van der Waals surface area contributed by atoms with Crippen LogP contribution in [-0.2, 0) is 9.53 Å². The summed E-state index contributed by atoms with van der Waals surface area (Å²) in [5.41, 5.74) is 0.154. The van der Waals surface area contributed by atoms with E-state index in [0.717, 1.165) is 37.0 Å². The normalized spacial score (nSPS) is 53.1. The number of hydrogen-bond donors (Lipinski definition) is 1. The van der Waals surface area contributed by atoms with Gasteiger partial charge in [-0.3, -0.25) is 0 Å². The van der Waals surface area contributed by atoms with E-state index < -0.39 is 5.60 Å². The highest BCUT2D eigenvalue weighted by Gasteiger charge is 2.61. The molecule has 0 unspecified atom stereocenters. The van der Waals surface area contributed by atoms with Crippen molar-refractivity contribution in [3.8, 4) is 0 Å². The first-order valence-corrected chi connectivity index (χ1v) is 11.4. The molecule has 0 bridgehead atoms. The average Bonchev–Trinajstić information content (AvgIpc) is 2.99. The molecule has 0 saturated heterocycles. The van der Waals surface area contributed by atoms with E-state index in [0.29, 0.717) is 29.3 Å². The molecule has 3 nitrogen and oxygen atoms in total. The molecule has 0 aromatic carbocycles. The van der Waals surface area contributed by atoms with E-state index in [9.17, 15) is 9.90 Å². The number of methoxy groups -OCH3 is 1. The van der Waals surface area contributed by atoms with Gasteiger partial charge >= 0.3 is 0 Å². The predicted octanol–water partition coefficient (Wildman–Crippen LogP) is 4.86. The lowest BCUT2D eigenvalue weighted by Crippen LogP contribution is -2.56. The fourth-order valence-electron chi connectivity index (χ4n) is 8.72. The Kier molecular flexibility index (Phi) is 5.03. The molecule has 0 aromatic heterocycles. The minimum atomic E-state index is -0.604. The van der Waals surface area contributed by atoms with Gasteiger partial charge in [-0.05, 0) is 98.2 Å². The third-order valence-electron chi connectivity index (χ3n) is 10.2. The SMILES string of the molecule is COC[C@]1(O)CC[C@@]2(C)[C@H](CC[C@@H]3[C@@H]2CC[C@]2(C)[C@@H]([C@H](C)C=O)CC[C@@H]32)C1. The Hall–Kier alpha value is -0.410. The number of aldehydes is 1. The smallest absolute Gasteiger partial charge is 0.123 e. The van der Waals surface area contributed by atoms with Gasteiger partial charge in [0.15, 0.2) is 0 Å². The monoisotopic (exact) mass is 376 g/mol. The molecule has 0 heterocycles. The quantitative estimate of drug-likeness (QED) is 0.713. The van der Waals surface area contributed by atoms with Gasteiger partial charge in [-0.2, -0.15) is 0 Å². The Balaban J connectivity index is 1.55. The van der Waals surface area contributed by atoms with Crippen molar-refractivity contribution in [2.45, 2.75) is 84.2 Å². The van der Waals surface area contributed by atoms with Gasteiger partial charge in [-0.15, -0.1) is 0 Å². The number of fused-ring (bicyclic) bond motifs is 5. The Bertz CT molecular complexity index is 576. The van der Waals surface area contributed by atoms with E-state index in [1.54, 1.807) is 7.11 Å². The van der Waals surface area contributed by atoms with Gasteiger partial charge in [0, 0.05) is 13.0 Å². The highest BCUT2D eigenvalue weighted by molar-refractivity contribution is 5.53. The van der Waals surface area contributed by atoms with Crippen molar-refractivity contribution in [2.75, 3.05) is 13.7 Å². The molecule has 0 spiro atoms. The van der Waals surface area contributed by atoms with Crippen molar-refractivity contribution in [1.82, 2.24) is 0 Å². The summed E-state index contributed by atoms with van der Waals surface area (Å²) in [5, 5.41) is 11.0. The fraction of sp³-hybridized carbons (Fsp3) is 0.958. The van der Waals surface area contributed by atoms with Crippen LogP contribution < -0.4 is 0 Å². The molecule has 4 saturated carbocycles. The largest absolute Gasteiger partial charge is 0.387 e. The van der Waals surface area contributed by atoms with Gasteiger partial charge in [0.1, 0.15) is 6.29 Å². The van der Waals surface area contributed by atoms with Gasteiger partial charge in [0.2, 0.25) is 0 Å². The number of carbonyl (C=O) groups excluding carboxylic acids is 1. The van der Waals surface area contributed by atoms with Gasteiger partial charge in [-0.1, -0.05) is 20.8 Å². The topological polar surface area (TPSA) is 46.5 Å². The first-order valence-electron chi connectivity index (χ1n) is 11.4. The second kappa shape index (κ2) is 6.83. The van der Waals surface area contributed by atoms with Crippen LogP contribution in [0.2, 0.25) is 0 Å². The average molecular weight is 377 g/mol. The van der Waals surface area contributed by atoms with E-state index in [2.05, 4.69) is 20.8 Å². The molecular weight excluding hydrogens is 336 g/mol. The van der Waals surface area contributed by atoms with Gasteiger partial charge in [0.05, 0.1) is 12.2 Å². The van der Waals surface area contributed by atoms with Crippen LogP contribution >= 0.6 is 0 Å². The molecule has 27 heavy (non-hydrogen) atoms. The number of ether oxygens (including phenoxy) is 1. The van der Waals surface area contributed by atoms with Gasteiger partial charge in [0.25, 0.3) is 0 Å². The van der Waals surface area contributed by atoms with Crippen LogP contribution in [0, 0.1) is 46.3 Å². The van der Waals surface area contributed by atoms with Crippen LogP contribution in [0.25, 0.3) is 0 Å².